The zero-order chi connectivity index (χ0) is 22.9. The molecule has 0 unspecified atom stereocenters. The molecule has 1 aliphatic heterocycles. The van der Waals surface area contributed by atoms with Crippen LogP contribution in [-0.2, 0) is 11.3 Å². The standard InChI is InChI=1S/C27H22ClN3OS/c1-17-11-12-23(18(2)13-17)29-27-30-26(32)25(33-27)14-20-16-31(24-10-6-4-8-21(20)24)15-19-7-3-5-9-22(19)28/h3-14,16H,15H2,1-2H3,(H,29,30,32)/b25-14+. The number of hydrogen-bond acceptors (Lipinski definition) is 3. The first-order valence-corrected chi connectivity index (χ1v) is 11.9. The van der Waals surface area contributed by atoms with Crippen LogP contribution in [0.3, 0.4) is 0 Å². The lowest BCUT2D eigenvalue weighted by Crippen LogP contribution is -2.19. The van der Waals surface area contributed by atoms with Crippen molar-refractivity contribution in [3.05, 3.63) is 105 Å². The van der Waals surface area contributed by atoms with Crippen molar-refractivity contribution >= 4 is 57.1 Å². The summed E-state index contributed by atoms with van der Waals surface area (Å²) in [5.74, 6) is -0.133. The number of nitrogens with zero attached hydrogens (tertiary/aromatic N) is 2. The molecule has 1 amide bonds. The fraction of sp³-hybridized carbons (Fsp3) is 0.111. The predicted octanol–water partition coefficient (Wildman–Crippen LogP) is 6.85. The number of aliphatic imine (C=N–C) groups is 1. The number of benzene rings is 3. The van der Waals surface area contributed by atoms with Crippen molar-refractivity contribution in [1.82, 2.24) is 9.88 Å². The molecule has 5 rings (SSSR count). The number of hydrogen-bond donors (Lipinski definition) is 1. The van der Waals surface area contributed by atoms with Gasteiger partial charge in [-0.3, -0.25) is 4.79 Å². The normalized spacial score (nSPS) is 16.2. The third kappa shape index (κ3) is 4.47. The maximum absolute atomic E-state index is 12.7. The van der Waals surface area contributed by atoms with E-state index in [1.54, 1.807) is 0 Å². The number of para-hydroxylation sites is 1. The van der Waals surface area contributed by atoms with Crippen LogP contribution >= 0.6 is 23.4 Å². The van der Waals surface area contributed by atoms with Crippen molar-refractivity contribution in [3.8, 4) is 0 Å². The molecule has 1 saturated heterocycles. The van der Waals surface area contributed by atoms with E-state index in [1.807, 2.05) is 61.5 Å². The maximum Gasteiger partial charge on any atom is 0.264 e. The van der Waals surface area contributed by atoms with Crippen LogP contribution in [0.4, 0.5) is 5.69 Å². The van der Waals surface area contributed by atoms with Crippen molar-refractivity contribution in [2.75, 3.05) is 0 Å². The van der Waals surface area contributed by atoms with E-state index in [2.05, 4.69) is 46.2 Å². The highest BCUT2D eigenvalue weighted by atomic mass is 35.5. The highest BCUT2D eigenvalue weighted by molar-refractivity contribution is 8.18. The number of aromatic nitrogens is 1. The SMILES string of the molecule is Cc1ccc(N=C2NC(=O)/C(=C\c3cn(Cc4ccccc4Cl)c4ccccc34)S2)c(C)c1. The molecule has 0 radical (unpaired) electrons. The number of rotatable bonds is 4. The molecule has 0 bridgehead atoms. The first-order chi connectivity index (χ1) is 16.0. The minimum absolute atomic E-state index is 0.133. The van der Waals surface area contributed by atoms with Gasteiger partial charge in [-0.2, -0.15) is 0 Å². The molecule has 1 aromatic heterocycles. The first-order valence-electron chi connectivity index (χ1n) is 10.7. The van der Waals surface area contributed by atoms with Gasteiger partial charge in [0.2, 0.25) is 0 Å². The summed E-state index contributed by atoms with van der Waals surface area (Å²) < 4.78 is 2.17. The number of thioether (sulfide) groups is 1. The summed E-state index contributed by atoms with van der Waals surface area (Å²) in [5, 5.41) is 5.33. The third-order valence-corrected chi connectivity index (χ3v) is 6.91. The van der Waals surface area contributed by atoms with Gasteiger partial charge in [0, 0.05) is 34.2 Å². The van der Waals surface area contributed by atoms with Crippen molar-refractivity contribution in [1.29, 1.82) is 0 Å². The Kier molecular flexibility index (Phi) is 5.83. The summed E-state index contributed by atoms with van der Waals surface area (Å²) in [5.41, 5.74) is 6.27. The minimum atomic E-state index is -0.133. The Morgan fingerprint density at radius 1 is 1.06 bits per heavy atom. The Bertz CT molecular complexity index is 1450. The largest absolute Gasteiger partial charge is 0.342 e. The Morgan fingerprint density at radius 2 is 1.85 bits per heavy atom. The van der Waals surface area contributed by atoms with Gasteiger partial charge in [-0.05, 0) is 61.0 Å². The lowest BCUT2D eigenvalue weighted by atomic mass is 10.1. The van der Waals surface area contributed by atoms with Crippen molar-refractivity contribution in [3.63, 3.8) is 0 Å². The van der Waals surface area contributed by atoms with Gasteiger partial charge >= 0.3 is 0 Å². The number of carbonyl (C=O) groups is 1. The number of amidine groups is 1. The van der Waals surface area contributed by atoms with E-state index in [1.165, 1.54) is 17.3 Å². The summed E-state index contributed by atoms with van der Waals surface area (Å²) in [6.45, 7) is 4.74. The number of carbonyl (C=O) groups excluding carboxylic acids is 1. The summed E-state index contributed by atoms with van der Waals surface area (Å²) in [6, 6.07) is 22.2. The zero-order valence-electron chi connectivity index (χ0n) is 18.3. The Balaban J connectivity index is 1.48. The molecular weight excluding hydrogens is 450 g/mol. The molecule has 0 spiro atoms. The Morgan fingerprint density at radius 3 is 2.67 bits per heavy atom. The molecule has 33 heavy (non-hydrogen) atoms. The van der Waals surface area contributed by atoms with Crippen LogP contribution in [0.15, 0.2) is 82.8 Å². The van der Waals surface area contributed by atoms with Gasteiger partial charge < -0.3 is 9.88 Å². The van der Waals surface area contributed by atoms with Crippen LogP contribution < -0.4 is 5.32 Å². The van der Waals surface area contributed by atoms with Crippen LogP contribution in [0.5, 0.6) is 0 Å². The quantitative estimate of drug-likeness (QED) is 0.331. The molecule has 164 valence electrons. The molecular formula is C27H22ClN3OS. The lowest BCUT2D eigenvalue weighted by Gasteiger charge is -2.07. The molecule has 3 aromatic carbocycles. The molecule has 1 N–H and O–H groups in total. The maximum atomic E-state index is 12.7. The van der Waals surface area contributed by atoms with Gasteiger partial charge in [0.15, 0.2) is 5.17 Å². The Hall–Kier alpha value is -3.28. The van der Waals surface area contributed by atoms with Crippen LogP contribution in [0.2, 0.25) is 5.02 Å². The van der Waals surface area contributed by atoms with E-state index in [0.29, 0.717) is 16.6 Å². The summed E-state index contributed by atoms with van der Waals surface area (Å²) in [6.07, 6.45) is 4.02. The molecule has 2 heterocycles. The van der Waals surface area contributed by atoms with E-state index >= 15 is 0 Å². The van der Waals surface area contributed by atoms with Gasteiger partial charge in [-0.15, -0.1) is 0 Å². The van der Waals surface area contributed by atoms with Crippen molar-refractivity contribution in [2.24, 2.45) is 4.99 Å². The van der Waals surface area contributed by atoms with Gasteiger partial charge in [0.05, 0.1) is 10.6 Å². The highest BCUT2D eigenvalue weighted by Crippen LogP contribution is 2.32. The molecule has 4 aromatic rings. The number of nitrogens with one attached hydrogen (secondary N) is 1. The second-order valence-corrected chi connectivity index (χ2v) is 9.53. The van der Waals surface area contributed by atoms with Crippen LogP contribution in [0.25, 0.3) is 17.0 Å². The van der Waals surface area contributed by atoms with Crippen molar-refractivity contribution in [2.45, 2.75) is 20.4 Å². The summed E-state index contributed by atoms with van der Waals surface area (Å²) in [7, 11) is 0. The number of halogens is 1. The van der Waals surface area contributed by atoms with Gasteiger partial charge in [0.25, 0.3) is 5.91 Å². The van der Waals surface area contributed by atoms with E-state index in [0.717, 1.165) is 38.3 Å². The fourth-order valence-corrected chi connectivity index (χ4v) is 5.01. The molecule has 4 nitrogen and oxygen atoms in total. The zero-order valence-corrected chi connectivity index (χ0v) is 19.9. The van der Waals surface area contributed by atoms with Gasteiger partial charge in [-0.1, -0.05) is 65.7 Å². The topological polar surface area (TPSA) is 46.4 Å². The number of amides is 1. The molecule has 0 aliphatic carbocycles. The molecule has 1 aliphatic rings. The van der Waals surface area contributed by atoms with E-state index in [4.69, 9.17) is 11.6 Å². The summed E-state index contributed by atoms with van der Waals surface area (Å²) in [4.78, 5) is 18.0. The minimum Gasteiger partial charge on any atom is -0.342 e. The predicted molar refractivity (Wildman–Crippen MR) is 139 cm³/mol. The fourth-order valence-electron chi connectivity index (χ4n) is 3.99. The highest BCUT2D eigenvalue weighted by Gasteiger charge is 2.24. The lowest BCUT2D eigenvalue weighted by molar-refractivity contribution is -0.115. The van der Waals surface area contributed by atoms with Crippen molar-refractivity contribution < 1.29 is 4.79 Å². The average molecular weight is 472 g/mol. The summed E-state index contributed by atoms with van der Waals surface area (Å²) >= 11 is 7.76. The second-order valence-electron chi connectivity index (χ2n) is 8.09. The molecule has 0 saturated carbocycles. The second kappa shape index (κ2) is 8.93. The van der Waals surface area contributed by atoms with Gasteiger partial charge in [-0.25, -0.2) is 4.99 Å². The monoisotopic (exact) mass is 471 g/mol. The van der Waals surface area contributed by atoms with E-state index in [-0.39, 0.29) is 5.91 Å². The first kappa shape index (κ1) is 21.6. The van der Waals surface area contributed by atoms with E-state index in [9.17, 15) is 4.79 Å². The van der Waals surface area contributed by atoms with Crippen LogP contribution in [-0.4, -0.2) is 15.6 Å². The number of fused-ring (bicyclic) bond motifs is 1. The molecule has 0 atom stereocenters. The van der Waals surface area contributed by atoms with Crippen LogP contribution in [0, 0.1) is 13.8 Å². The van der Waals surface area contributed by atoms with E-state index < -0.39 is 0 Å². The molecule has 1 fully saturated rings. The van der Waals surface area contributed by atoms with Crippen LogP contribution in [0.1, 0.15) is 22.3 Å². The number of aryl methyl sites for hydroxylation is 2. The Labute approximate surface area is 202 Å². The average Bonchev–Trinajstić information content (AvgIpc) is 3.32. The third-order valence-electron chi connectivity index (χ3n) is 5.63. The van der Waals surface area contributed by atoms with Gasteiger partial charge in [0.1, 0.15) is 0 Å². The smallest absolute Gasteiger partial charge is 0.264 e. The molecule has 6 heteroatoms.